The average molecular weight is 268 g/mol. The highest BCUT2D eigenvalue weighted by atomic mass is 32.2. The Bertz CT molecular complexity index is 333. The van der Waals surface area contributed by atoms with Crippen LogP contribution in [0.25, 0.3) is 0 Å². The van der Waals surface area contributed by atoms with E-state index in [1.54, 1.807) is 6.92 Å². The Kier molecular flexibility index (Phi) is 5.36. The first kappa shape index (κ1) is 14.1. The smallest absolute Gasteiger partial charge is 0.218 e. The third kappa shape index (κ3) is 3.51. The molecule has 96 valence electrons. The Morgan fingerprint density at radius 2 is 1.94 bits per heavy atom. The van der Waals surface area contributed by atoms with Gasteiger partial charge in [0.2, 0.25) is 10.0 Å². The number of rotatable bonds is 5. The van der Waals surface area contributed by atoms with Crippen molar-refractivity contribution in [2.75, 3.05) is 37.7 Å². The molecule has 1 aliphatic heterocycles. The monoisotopic (exact) mass is 268 g/mol. The average Bonchev–Trinajstić information content (AvgIpc) is 2.26. The topological polar surface area (TPSA) is 66.5 Å². The van der Waals surface area contributed by atoms with Crippen LogP contribution in [0.2, 0.25) is 0 Å². The molecule has 0 amide bonds. The first-order valence-electron chi connectivity index (χ1n) is 5.53. The highest BCUT2D eigenvalue weighted by molar-refractivity contribution is 7.90. The second-order valence-electron chi connectivity index (χ2n) is 3.91. The predicted octanol–water partition coefficient (Wildman–Crippen LogP) is -0.621. The fraction of sp³-hybridized carbons (Fsp3) is 1.00. The summed E-state index contributed by atoms with van der Waals surface area (Å²) in [4.78, 5) is 0. The molecule has 0 spiro atoms. The molecule has 5 nitrogen and oxygen atoms in total. The van der Waals surface area contributed by atoms with E-state index in [-0.39, 0.29) is 0 Å². The molecule has 0 saturated carbocycles. The van der Waals surface area contributed by atoms with Crippen LogP contribution in [0.1, 0.15) is 13.8 Å². The molecule has 0 aliphatic carbocycles. The van der Waals surface area contributed by atoms with Crippen LogP contribution in [0.3, 0.4) is 0 Å². The summed E-state index contributed by atoms with van der Waals surface area (Å²) in [6.45, 7) is 5.69. The van der Waals surface area contributed by atoms with Gasteiger partial charge in [0.05, 0.1) is 5.25 Å². The summed E-state index contributed by atoms with van der Waals surface area (Å²) in [6.07, 6.45) is 0. The number of nitrogens with one attached hydrogen (secondary N) is 1. The standard InChI is InChI=1S/C9H20N2O3S2/c1-3-10-8-9(2)16(13,14)11-4-6-15(12)7-5-11/h9-10H,3-8H2,1-2H3. The minimum atomic E-state index is -3.22. The highest BCUT2D eigenvalue weighted by Gasteiger charge is 2.30. The summed E-state index contributed by atoms with van der Waals surface area (Å²) in [6, 6.07) is 0. The summed E-state index contributed by atoms with van der Waals surface area (Å²) in [5.74, 6) is 0.931. The zero-order valence-corrected chi connectivity index (χ0v) is 11.4. The van der Waals surface area contributed by atoms with Gasteiger partial charge in [0.1, 0.15) is 0 Å². The molecular weight excluding hydrogens is 248 g/mol. The van der Waals surface area contributed by atoms with Crippen molar-refractivity contribution in [3.8, 4) is 0 Å². The molecule has 0 bridgehead atoms. The molecule has 1 saturated heterocycles. The van der Waals surface area contributed by atoms with Crippen molar-refractivity contribution < 1.29 is 12.6 Å². The van der Waals surface area contributed by atoms with Crippen molar-refractivity contribution >= 4 is 20.8 Å². The lowest BCUT2D eigenvalue weighted by Crippen LogP contribution is -2.47. The molecule has 1 atom stereocenters. The fourth-order valence-electron chi connectivity index (χ4n) is 1.58. The molecule has 0 aromatic rings. The van der Waals surface area contributed by atoms with Crippen molar-refractivity contribution in [3.05, 3.63) is 0 Å². The molecule has 1 rings (SSSR count). The van der Waals surface area contributed by atoms with E-state index >= 15 is 0 Å². The molecule has 1 fully saturated rings. The normalized spacial score (nSPS) is 22.1. The minimum Gasteiger partial charge on any atom is -0.316 e. The Labute approximate surface area is 100 Å². The lowest BCUT2D eigenvalue weighted by atomic mass is 10.5. The molecule has 0 radical (unpaired) electrons. The van der Waals surface area contributed by atoms with Gasteiger partial charge in [-0.1, -0.05) is 6.92 Å². The number of hydrogen-bond acceptors (Lipinski definition) is 4. The van der Waals surface area contributed by atoms with Gasteiger partial charge in [-0.05, 0) is 13.5 Å². The maximum Gasteiger partial charge on any atom is 0.218 e. The van der Waals surface area contributed by atoms with Crippen LogP contribution in [-0.2, 0) is 20.8 Å². The summed E-state index contributed by atoms with van der Waals surface area (Å²) in [5, 5.41) is 2.62. The fourth-order valence-corrected chi connectivity index (χ4v) is 4.40. The molecule has 1 heterocycles. The van der Waals surface area contributed by atoms with Crippen LogP contribution in [-0.4, -0.2) is 59.9 Å². The maximum atomic E-state index is 12.1. The third-order valence-electron chi connectivity index (χ3n) is 2.69. The first-order valence-corrected chi connectivity index (χ1v) is 8.52. The zero-order valence-electron chi connectivity index (χ0n) is 9.81. The van der Waals surface area contributed by atoms with Gasteiger partial charge in [-0.2, -0.15) is 4.31 Å². The molecule has 1 unspecified atom stereocenters. The number of sulfonamides is 1. The van der Waals surface area contributed by atoms with Crippen LogP contribution in [0.15, 0.2) is 0 Å². The van der Waals surface area contributed by atoms with E-state index in [2.05, 4.69) is 5.32 Å². The Morgan fingerprint density at radius 1 is 1.38 bits per heavy atom. The predicted molar refractivity (Wildman–Crippen MR) is 66.4 cm³/mol. The van der Waals surface area contributed by atoms with Crippen LogP contribution in [0.4, 0.5) is 0 Å². The molecule has 0 aromatic heterocycles. The summed E-state index contributed by atoms with van der Waals surface area (Å²) < 4.78 is 36.8. The second-order valence-corrected chi connectivity index (χ2v) is 7.96. The van der Waals surface area contributed by atoms with E-state index in [0.29, 0.717) is 31.1 Å². The largest absolute Gasteiger partial charge is 0.316 e. The molecule has 0 aromatic carbocycles. The maximum absolute atomic E-state index is 12.1. The molecule has 1 aliphatic rings. The zero-order chi connectivity index (χ0) is 12.2. The SMILES string of the molecule is CCNCC(C)S(=O)(=O)N1CCS(=O)CC1. The van der Waals surface area contributed by atoms with E-state index < -0.39 is 26.1 Å². The van der Waals surface area contributed by atoms with Gasteiger partial charge in [-0.15, -0.1) is 0 Å². The van der Waals surface area contributed by atoms with E-state index in [4.69, 9.17) is 0 Å². The van der Waals surface area contributed by atoms with Gasteiger partial charge < -0.3 is 5.32 Å². The van der Waals surface area contributed by atoms with Crippen LogP contribution in [0, 0.1) is 0 Å². The van der Waals surface area contributed by atoms with Crippen LogP contribution < -0.4 is 5.32 Å². The molecule has 1 N–H and O–H groups in total. The highest BCUT2D eigenvalue weighted by Crippen LogP contribution is 2.11. The lowest BCUT2D eigenvalue weighted by Gasteiger charge is -2.28. The van der Waals surface area contributed by atoms with Crippen LogP contribution in [0.5, 0.6) is 0 Å². The quantitative estimate of drug-likeness (QED) is 0.721. The minimum absolute atomic E-state index is 0.394. The van der Waals surface area contributed by atoms with Crippen LogP contribution >= 0.6 is 0 Å². The van der Waals surface area contributed by atoms with Crippen molar-refractivity contribution in [1.82, 2.24) is 9.62 Å². The van der Waals surface area contributed by atoms with Crippen molar-refractivity contribution in [3.63, 3.8) is 0 Å². The Balaban J connectivity index is 2.59. The molecule has 16 heavy (non-hydrogen) atoms. The molecule has 7 heteroatoms. The summed E-state index contributed by atoms with van der Waals surface area (Å²) >= 11 is 0. The molecular formula is C9H20N2O3S2. The van der Waals surface area contributed by atoms with Gasteiger partial charge in [-0.3, -0.25) is 4.21 Å². The summed E-state index contributed by atoms with van der Waals surface area (Å²) in [5.41, 5.74) is 0. The van der Waals surface area contributed by atoms with Gasteiger partial charge >= 0.3 is 0 Å². The van der Waals surface area contributed by atoms with Gasteiger partial charge in [0.25, 0.3) is 0 Å². The van der Waals surface area contributed by atoms with E-state index in [1.807, 2.05) is 6.92 Å². The first-order chi connectivity index (χ1) is 7.48. The Morgan fingerprint density at radius 3 is 2.44 bits per heavy atom. The second kappa shape index (κ2) is 6.09. The van der Waals surface area contributed by atoms with Gasteiger partial charge in [0.15, 0.2) is 0 Å². The number of nitrogens with zero attached hydrogens (tertiary/aromatic N) is 1. The van der Waals surface area contributed by atoms with Crippen molar-refractivity contribution in [1.29, 1.82) is 0 Å². The van der Waals surface area contributed by atoms with E-state index in [9.17, 15) is 12.6 Å². The third-order valence-corrected chi connectivity index (χ3v) is 6.23. The van der Waals surface area contributed by atoms with E-state index in [0.717, 1.165) is 6.54 Å². The Hall–Kier alpha value is 0.0200. The van der Waals surface area contributed by atoms with Crippen molar-refractivity contribution in [2.45, 2.75) is 19.1 Å². The van der Waals surface area contributed by atoms with Crippen molar-refractivity contribution in [2.24, 2.45) is 0 Å². The van der Waals surface area contributed by atoms with E-state index in [1.165, 1.54) is 4.31 Å². The number of hydrogen-bond donors (Lipinski definition) is 1. The van der Waals surface area contributed by atoms with Gasteiger partial charge in [0, 0.05) is 41.9 Å². The lowest BCUT2D eigenvalue weighted by molar-refractivity contribution is 0.429. The van der Waals surface area contributed by atoms with Gasteiger partial charge in [-0.25, -0.2) is 8.42 Å². The summed E-state index contributed by atoms with van der Waals surface area (Å²) in [7, 11) is -4.06.